The van der Waals surface area contributed by atoms with Gasteiger partial charge in [-0.05, 0) is 33.6 Å². The van der Waals surface area contributed by atoms with E-state index in [2.05, 4.69) is 6.08 Å². The van der Waals surface area contributed by atoms with Crippen LogP contribution in [0.1, 0.15) is 53.9 Å². The highest BCUT2D eigenvalue weighted by molar-refractivity contribution is 6.02. The molecule has 0 aliphatic heterocycles. The summed E-state index contributed by atoms with van der Waals surface area (Å²) < 4.78 is 0. The predicted molar refractivity (Wildman–Crippen MR) is 67.3 cm³/mol. The van der Waals surface area contributed by atoms with Crippen LogP contribution in [0.5, 0.6) is 0 Å². The Hall–Kier alpha value is -0.920. The van der Waals surface area contributed by atoms with Gasteiger partial charge in [-0.3, -0.25) is 9.59 Å². The minimum atomic E-state index is -0.430. The Bertz CT molecular complexity index is 272. The lowest BCUT2D eigenvalue weighted by molar-refractivity contribution is -0.134. The summed E-state index contributed by atoms with van der Waals surface area (Å²) in [5, 5.41) is 0. The molecule has 92 valence electrons. The first kappa shape index (κ1) is 15.1. The Morgan fingerprint density at radius 3 is 2.19 bits per heavy atom. The second-order valence-electron chi connectivity index (χ2n) is 4.76. The van der Waals surface area contributed by atoms with Crippen molar-refractivity contribution in [2.24, 2.45) is 11.8 Å². The van der Waals surface area contributed by atoms with Crippen molar-refractivity contribution in [1.29, 1.82) is 0 Å². The average Bonchev–Trinajstić information content (AvgIpc) is 2.23. The third kappa shape index (κ3) is 5.24. The van der Waals surface area contributed by atoms with Crippen LogP contribution in [0.25, 0.3) is 0 Å². The summed E-state index contributed by atoms with van der Waals surface area (Å²) in [5.41, 5.74) is 1.21. The van der Waals surface area contributed by atoms with Crippen LogP contribution in [0, 0.1) is 11.8 Å². The summed E-state index contributed by atoms with van der Waals surface area (Å²) in [5.74, 6) is -0.321. The van der Waals surface area contributed by atoms with Gasteiger partial charge in [-0.25, -0.2) is 0 Å². The molecule has 2 unspecified atom stereocenters. The van der Waals surface area contributed by atoms with E-state index < -0.39 is 5.92 Å². The molecule has 2 heteroatoms. The fourth-order valence-corrected chi connectivity index (χ4v) is 1.58. The molecule has 0 heterocycles. The first-order valence-corrected chi connectivity index (χ1v) is 6.09. The van der Waals surface area contributed by atoms with Gasteiger partial charge in [-0.2, -0.15) is 0 Å². The second kappa shape index (κ2) is 7.37. The summed E-state index contributed by atoms with van der Waals surface area (Å²) in [6, 6.07) is 0. The number of Topliss-reactive ketones (excluding diaryl/α,β-unsaturated/α-hetero) is 2. The molecule has 0 N–H and O–H groups in total. The summed E-state index contributed by atoms with van der Waals surface area (Å²) >= 11 is 0. The van der Waals surface area contributed by atoms with Crippen LogP contribution in [0.3, 0.4) is 0 Å². The van der Waals surface area contributed by atoms with Gasteiger partial charge in [-0.15, -0.1) is 0 Å². The highest BCUT2D eigenvalue weighted by Crippen LogP contribution is 2.15. The Balaban J connectivity index is 4.32. The molecular formula is C14H24O2. The van der Waals surface area contributed by atoms with Crippen molar-refractivity contribution < 1.29 is 9.59 Å². The van der Waals surface area contributed by atoms with Gasteiger partial charge in [-0.1, -0.05) is 25.5 Å². The number of hydrogen-bond donors (Lipinski definition) is 0. The van der Waals surface area contributed by atoms with Crippen LogP contribution < -0.4 is 0 Å². The molecule has 0 aromatic carbocycles. The van der Waals surface area contributed by atoms with E-state index in [0.717, 1.165) is 12.8 Å². The lowest BCUT2D eigenvalue weighted by atomic mass is 9.88. The minimum absolute atomic E-state index is 0.0503. The molecule has 0 aromatic rings. The molecule has 16 heavy (non-hydrogen) atoms. The molecule has 2 nitrogen and oxygen atoms in total. The first-order chi connectivity index (χ1) is 7.40. The zero-order valence-corrected chi connectivity index (χ0v) is 11.2. The number of rotatable bonds is 7. The molecule has 0 amide bonds. The first-order valence-electron chi connectivity index (χ1n) is 6.09. The van der Waals surface area contributed by atoms with Crippen molar-refractivity contribution in [2.75, 3.05) is 0 Å². The van der Waals surface area contributed by atoms with Gasteiger partial charge in [0.2, 0.25) is 0 Å². The number of allylic oxidation sites excluding steroid dienone is 2. The van der Waals surface area contributed by atoms with Crippen LogP contribution >= 0.6 is 0 Å². The van der Waals surface area contributed by atoms with Gasteiger partial charge in [0.25, 0.3) is 0 Å². The minimum Gasteiger partial charge on any atom is -0.299 e. The number of carbonyl (C=O) groups excluding carboxylic acids is 2. The normalized spacial score (nSPS) is 14.1. The van der Waals surface area contributed by atoms with E-state index in [0.29, 0.717) is 6.42 Å². The highest BCUT2D eigenvalue weighted by atomic mass is 16.1. The fourth-order valence-electron chi connectivity index (χ4n) is 1.58. The molecule has 0 fully saturated rings. The maximum atomic E-state index is 11.9. The van der Waals surface area contributed by atoms with E-state index in [1.54, 1.807) is 6.92 Å². The molecular weight excluding hydrogens is 200 g/mol. The van der Waals surface area contributed by atoms with E-state index in [4.69, 9.17) is 0 Å². The molecule has 0 rings (SSSR count). The van der Waals surface area contributed by atoms with Crippen LogP contribution in [0.2, 0.25) is 0 Å². The summed E-state index contributed by atoms with van der Waals surface area (Å²) in [7, 11) is 0. The predicted octanol–water partition coefficient (Wildman–Crippen LogP) is 3.55. The van der Waals surface area contributed by atoms with Gasteiger partial charge in [0.15, 0.2) is 0 Å². The zero-order chi connectivity index (χ0) is 12.7. The average molecular weight is 224 g/mol. The third-order valence-corrected chi connectivity index (χ3v) is 2.77. The van der Waals surface area contributed by atoms with Crippen LogP contribution in [0.15, 0.2) is 11.6 Å². The molecule has 0 bridgehead atoms. The molecule has 0 spiro atoms. The van der Waals surface area contributed by atoms with E-state index in [-0.39, 0.29) is 17.5 Å². The van der Waals surface area contributed by atoms with Gasteiger partial charge in [0.05, 0.1) is 5.92 Å². The van der Waals surface area contributed by atoms with E-state index in [1.807, 2.05) is 27.7 Å². The van der Waals surface area contributed by atoms with Crippen molar-refractivity contribution in [2.45, 2.75) is 53.9 Å². The van der Waals surface area contributed by atoms with Crippen molar-refractivity contribution in [3.05, 3.63) is 11.6 Å². The Labute approximate surface area is 99.1 Å². The molecule has 2 atom stereocenters. The Morgan fingerprint density at radius 2 is 1.75 bits per heavy atom. The molecule has 0 radical (unpaired) electrons. The molecule has 0 saturated carbocycles. The fraction of sp³-hybridized carbons (Fsp3) is 0.714. The number of hydrogen-bond acceptors (Lipinski definition) is 2. The SMILES string of the molecule is CCCC(=O)C(C)C(=O)C(C)CC=C(C)C. The standard InChI is InChI=1S/C14H24O2/c1-6-7-13(15)12(5)14(16)11(4)9-8-10(2)3/h8,11-12H,6-7,9H2,1-5H3. The van der Waals surface area contributed by atoms with Crippen LogP contribution in [0.4, 0.5) is 0 Å². The van der Waals surface area contributed by atoms with Crippen molar-refractivity contribution in [3.8, 4) is 0 Å². The van der Waals surface area contributed by atoms with Crippen LogP contribution in [-0.2, 0) is 9.59 Å². The van der Waals surface area contributed by atoms with Gasteiger partial charge in [0, 0.05) is 12.3 Å². The third-order valence-electron chi connectivity index (χ3n) is 2.77. The second-order valence-corrected chi connectivity index (χ2v) is 4.76. The van der Waals surface area contributed by atoms with E-state index >= 15 is 0 Å². The number of ketones is 2. The van der Waals surface area contributed by atoms with Crippen molar-refractivity contribution in [3.63, 3.8) is 0 Å². The Kier molecular flexibility index (Phi) is 6.95. The topological polar surface area (TPSA) is 34.1 Å². The Morgan fingerprint density at radius 1 is 1.19 bits per heavy atom. The quantitative estimate of drug-likeness (QED) is 0.489. The van der Waals surface area contributed by atoms with Crippen molar-refractivity contribution in [1.82, 2.24) is 0 Å². The van der Waals surface area contributed by atoms with Crippen molar-refractivity contribution >= 4 is 11.6 Å². The largest absolute Gasteiger partial charge is 0.299 e. The lowest BCUT2D eigenvalue weighted by Gasteiger charge is -2.13. The summed E-state index contributed by atoms with van der Waals surface area (Å²) in [6.07, 6.45) is 4.13. The van der Waals surface area contributed by atoms with Gasteiger partial charge < -0.3 is 0 Å². The van der Waals surface area contributed by atoms with Gasteiger partial charge in [0.1, 0.15) is 11.6 Å². The van der Waals surface area contributed by atoms with Gasteiger partial charge >= 0.3 is 0 Å². The summed E-state index contributed by atoms with van der Waals surface area (Å²) in [4.78, 5) is 23.5. The molecule has 0 saturated heterocycles. The monoisotopic (exact) mass is 224 g/mol. The highest BCUT2D eigenvalue weighted by Gasteiger charge is 2.24. The maximum absolute atomic E-state index is 11.9. The van der Waals surface area contributed by atoms with E-state index in [9.17, 15) is 9.59 Å². The van der Waals surface area contributed by atoms with Crippen LogP contribution in [-0.4, -0.2) is 11.6 Å². The molecule has 0 aromatic heterocycles. The molecule has 0 aliphatic rings. The zero-order valence-electron chi connectivity index (χ0n) is 11.2. The maximum Gasteiger partial charge on any atom is 0.146 e. The number of carbonyl (C=O) groups is 2. The smallest absolute Gasteiger partial charge is 0.146 e. The lowest BCUT2D eigenvalue weighted by Crippen LogP contribution is -2.26. The molecule has 0 aliphatic carbocycles. The van der Waals surface area contributed by atoms with E-state index in [1.165, 1.54) is 5.57 Å². The summed E-state index contributed by atoms with van der Waals surface area (Å²) in [6.45, 7) is 9.63.